The first-order chi connectivity index (χ1) is 13.7. The maximum atomic E-state index is 13.0. The number of benzene rings is 2. The predicted molar refractivity (Wildman–Crippen MR) is 102 cm³/mol. The van der Waals surface area contributed by atoms with Gasteiger partial charge in [0, 0.05) is 12.0 Å². The summed E-state index contributed by atoms with van der Waals surface area (Å²) in [6.45, 7) is 3.96. The van der Waals surface area contributed by atoms with Gasteiger partial charge in [0.1, 0.15) is 12.2 Å². The Labute approximate surface area is 167 Å². The smallest absolute Gasteiger partial charge is 0.417 e. The summed E-state index contributed by atoms with van der Waals surface area (Å²) < 4.78 is 50.4. The van der Waals surface area contributed by atoms with Crippen LogP contribution in [0.2, 0.25) is 0 Å². The largest absolute Gasteiger partial charge is 0.483 e. The van der Waals surface area contributed by atoms with Crippen molar-refractivity contribution in [2.75, 3.05) is 13.2 Å². The zero-order chi connectivity index (χ0) is 21.1. The third-order valence-corrected chi connectivity index (χ3v) is 4.29. The number of halogens is 3. The predicted octanol–water partition coefficient (Wildman–Crippen LogP) is 4.23. The summed E-state index contributed by atoms with van der Waals surface area (Å²) in [4.78, 5) is 12.0. The number of carbonyl (C=O) groups is 1. The van der Waals surface area contributed by atoms with Crippen LogP contribution in [0.5, 0.6) is 11.5 Å². The van der Waals surface area contributed by atoms with E-state index >= 15 is 0 Å². The molecular formula is C22H20F3NO3. The number of carbonyl (C=O) groups excluding carboxylic acids is 1. The Kier molecular flexibility index (Phi) is 5.73. The summed E-state index contributed by atoms with van der Waals surface area (Å²) >= 11 is 0. The van der Waals surface area contributed by atoms with E-state index < -0.39 is 23.2 Å². The van der Waals surface area contributed by atoms with Gasteiger partial charge in [-0.1, -0.05) is 36.1 Å². The van der Waals surface area contributed by atoms with Crippen molar-refractivity contribution in [3.8, 4) is 23.3 Å². The second-order valence-electron chi connectivity index (χ2n) is 7.15. The molecule has 3 rings (SSSR count). The zero-order valence-corrected chi connectivity index (χ0v) is 16.0. The van der Waals surface area contributed by atoms with Crippen LogP contribution in [0.15, 0.2) is 42.5 Å². The van der Waals surface area contributed by atoms with Gasteiger partial charge >= 0.3 is 6.18 Å². The molecule has 1 N–H and O–H groups in total. The highest BCUT2D eigenvalue weighted by Gasteiger charge is 2.34. The first-order valence-corrected chi connectivity index (χ1v) is 9.01. The van der Waals surface area contributed by atoms with Gasteiger partial charge in [-0.05, 0) is 32.0 Å². The van der Waals surface area contributed by atoms with E-state index in [1.54, 1.807) is 6.07 Å². The topological polar surface area (TPSA) is 47.6 Å². The standard InChI is InChI=1S/C22H20F3NO3/c1-21(2)14-15-8-7-11-18(19(15)29-21)28-13-6-5-12-26-20(27)16-9-3-4-10-17(16)22(23,24)25/h3-4,7-11H,12-14H2,1-2H3,(H,26,27). The molecule has 0 saturated heterocycles. The summed E-state index contributed by atoms with van der Waals surface area (Å²) in [5, 5.41) is 2.37. The van der Waals surface area contributed by atoms with Gasteiger partial charge in [0.05, 0.1) is 17.7 Å². The minimum atomic E-state index is -4.60. The highest BCUT2D eigenvalue weighted by Crippen LogP contribution is 2.41. The van der Waals surface area contributed by atoms with Crippen LogP contribution < -0.4 is 14.8 Å². The first-order valence-electron chi connectivity index (χ1n) is 9.01. The van der Waals surface area contributed by atoms with Crippen molar-refractivity contribution in [1.29, 1.82) is 0 Å². The minimum Gasteiger partial charge on any atom is -0.483 e. The average Bonchev–Trinajstić information content (AvgIpc) is 2.98. The maximum Gasteiger partial charge on any atom is 0.417 e. The molecule has 0 aliphatic carbocycles. The number of hydrogen-bond donors (Lipinski definition) is 1. The maximum absolute atomic E-state index is 13.0. The Morgan fingerprint density at radius 1 is 1.17 bits per heavy atom. The lowest BCUT2D eigenvalue weighted by molar-refractivity contribution is -0.137. The lowest BCUT2D eigenvalue weighted by Gasteiger charge is -2.17. The van der Waals surface area contributed by atoms with Crippen LogP contribution in [-0.4, -0.2) is 24.7 Å². The van der Waals surface area contributed by atoms with Crippen LogP contribution in [0.25, 0.3) is 0 Å². The van der Waals surface area contributed by atoms with Crippen molar-refractivity contribution in [2.24, 2.45) is 0 Å². The van der Waals surface area contributed by atoms with E-state index in [2.05, 4.69) is 17.2 Å². The van der Waals surface area contributed by atoms with Gasteiger partial charge in [-0.15, -0.1) is 0 Å². The Hall–Kier alpha value is -3.14. The van der Waals surface area contributed by atoms with Crippen LogP contribution in [0.4, 0.5) is 13.2 Å². The molecule has 0 atom stereocenters. The third-order valence-electron chi connectivity index (χ3n) is 4.29. The summed E-state index contributed by atoms with van der Waals surface area (Å²) in [7, 11) is 0. The molecule has 0 bridgehead atoms. The van der Waals surface area contributed by atoms with E-state index in [1.807, 2.05) is 26.0 Å². The van der Waals surface area contributed by atoms with Gasteiger partial charge in [0.2, 0.25) is 0 Å². The Bertz CT molecular complexity index is 971. The number of alkyl halides is 3. The van der Waals surface area contributed by atoms with E-state index in [9.17, 15) is 18.0 Å². The zero-order valence-electron chi connectivity index (χ0n) is 16.0. The third kappa shape index (κ3) is 5.02. The van der Waals surface area contributed by atoms with Crippen molar-refractivity contribution in [3.05, 3.63) is 59.2 Å². The van der Waals surface area contributed by atoms with Crippen molar-refractivity contribution in [1.82, 2.24) is 5.32 Å². The van der Waals surface area contributed by atoms with Crippen LogP contribution in [0.1, 0.15) is 35.3 Å². The lowest BCUT2D eigenvalue weighted by atomic mass is 10.0. The fourth-order valence-electron chi connectivity index (χ4n) is 3.08. The molecule has 1 heterocycles. The van der Waals surface area contributed by atoms with Crippen LogP contribution in [-0.2, 0) is 12.6 Å². The molecule has 1 aliphatic heterocycles. The Balaban J connectivity index is 1.53. The molecule has 0 unspecified atom stereocenters. The van der Waals surface area contributed by atoms with Gasteiger partial charge < -0.3 is 14.8 Å². The summed E-state index contributed by atoms with van der Waals surface area (Å²) in [6, 6.07) is 10.3. The monoisotopic (exact) mass is 403 g/mol. The quantitative estimate of drug-likeness (QED) is 0.778. The first kappa shape index (κ1) is 20.6. The number of para-hydroxylation sites is 1. The summed E-state index contributed by atoms with van der Waals surface area (Å²) in [5.74, 6) is 5.87. The van der Waals surface area contributed by atoms with E-state index in [1.165, 1.54) is 12.1 Å². The van der Waals surface area contributed by atoms with Gasteiger partial charge in [0.15, 0.2) is 11.5 Å². The second-order valence-corrected chi connectivity index (χ2v) is 7.15. The number of hydrogen-bond acceptors (Lipinski definition) is 3. The molecule has 0 fully saturated rings. The van der Waals surface area contributed by atoms with E-state index in [-0.39, 0.29) is 18.8 Å². The molecule has 0 saturated carbocycles. The SMILES string of the molecule is CC1(C)Cc2cccc(OCC#CCNC(=O)c3ccccc3C(F)(F)F)c2O1. The fourth-order valence-corrected chi connectivity index (χ4v) is 3.08. The highest BCUT2D eigenvalue weighted by molar-refractivity contribution is 5.96. The highest BCUT2D eigenvalue weighted by atomic mass is 19.4. The van der Waals surface area contributed by atoms with Gasteiger partial charge in [0.25, 0.3) is 5.91 Å². The molecule has 4 nitrogen and oxygen atoms in total. The van der Waals surface area contributed by atoms with Crippen LogP contribution in [0.3, 0.4) is 0 Å². The molecule has 1 aliphatic rings. The normalized spacial score (nSPS) is 14.2. The number of fused-ring (bicyclic) bond motifs is 1. The number of ether oxygens (including phenoxy) is 2. The molecule has 0 spiro atoms. The molecule has 29 heavy (non-hydrogen) atoms. The fraction of sp³-hybridized carbons (Fsp3) is 0.318. The Morgan fingerprint density at radius 2 is 1.93 bits per heavy atom. The molecule has 152 valence electrons. The van der Waals surface area contributed by atoms with Crippen LogP contribution in [0, 0.1) is 11.8 Å². The van der Waals surface area contributed by atoms with Crippen molar-refractivity contribution in [3.63, 3.8) is 0 Å². The molecule has 7 heteroatoms. The van der Waals surface area contributed by atoms with Gasteiger partial charge in [-0.25, -0.2) is 0 Å². The minimum absolute atomic E-state index is 0.0647. The summed E-state index contributed by atoms with van der Waals surface area (Å²) in [6.07, 6.45) is -3.81. The number of amides is 1. The molecule has 1 amide bonds. The summed E-state index contributed by atoms with van der Waals surface area (Å²) in [5.41, 5.74) is -0.631. The Morgan fingerprint density at radius 3 is 2.69 bits per heavy atom. The lowest BCUT2D eigenvalue weighted by Crippen LogP contribution is -2.26. The second kappa shape index (κ2) is 8.08. The van der Waals surface area contributed by atoms with E-state index in [0.717, 1.165) is 24.1 Å². The van der Waals surface area contributed by atoms with Gasteiger partial charge in [-0.2, -0.15) is 13.2 Å². The molecule has 2 aromatic carbocycles. The molecule has 0 radical (unpaired) electrons. The van der Waals surface area contributed by atoms with Gasteiger partial charge in [-0.3, -0.25) is 4.79 Å². The van der Waals surface area contributed by atoms with Crippen molar-refractivity contribution in [2.45, 2.75) is 32.0 Å². The van der Waals surface area contributed by atoms with Crippen LogP contribution >= 0.6 is 0 Å². The van der Waals surface area contributed by atoms with Crippen molar-refractivity contribution >= 4 is 5.91 Å². The van der Waals surface area contributed by atoms with Crippen molar-refractivity contribution < 1.29 is 27.4 Å². The van der Waals surface area contributed by atoms with E-state index in [4.69, 9.17) is 9.47 Å². The number of nitrogens with one attached hydrogen (secondary N) is 1. The average molecular weight is 403 g/mol. The molecular weight excluding hydrogens is 383 g/mol. The van der Waals surface area contributed by atoms with E-state index in [0.29, 0.717) is 11.5 Å². The number of rotatable bonds is 4. The molecule has 2 aromatic rings. The molecule has 0 aromatic heterocycles.